The van der Waals surface area contributed by atoms with Gasteiger partial charge in [0.05, 0.1) is 23.3 Å². The van der Waals surface area contributed by atoms with Gasteiger partial charge in [0.25, 0.3) is 0 Å². The summed E-state index contributed by atoms with van der Waals surface area (Å²) in [6.07, 6.45) is 0. The first-order chi connectivity index (χ1) is 11.9. The zero-order valence-corrected chi connectivity index (χ0v) is 15.0. The molecular formula is C19H18ClNO4. The number of benzene rings is 2. The van der Waals surface area contributed by atoms with Crippen LogP contribution in [0.15, 0.2) is 30.3 Å². The number of nitrogens with zero attached hydrogens (tertiary/aromatic N) is 1. The Bertz CT molecular complexity index is 827. The van der Waals surface area contributed by atoms with Gasteiger partial charge in [-0.2, -0.15) is 5.26 Å². The molecule has 6 heteroatoms. The summed E-state index contributed by atoms with van der Waals surface area (Å²) in [6, 6.07) is 10.4. The molecule has 2 aromatic carbocycles. The lowest BCUT2D eigenvalue weighted by Crippen LogP contribution is -2.18. The van der Waals surface area contributed by atoms with E-state index in [2.05, 4.69) is 0 Å². The molecule has 0 N–H and O–H groups in total. The van der Waals surface area contributed by atoms with E-state index >= 15 is 0 Å². The number of carbonyl (C=O) groups excluding carboxylic acids is 1. The summed E-state index contributed by atoms with van der Waals surface area (Å²) < 4.78 is 16.1. The van der Waals surface area contributed by atoms with Crippen molar-refractivity contribution in [1.29, 1.82) is 5.26 Å². The first kappa shape index (κ1) is 18.6. The van der Waals surface area contributed by atoms with Crippen LogP contribution >= 0.6 is 11.6 Å². The monoisotopic (exact) mass is 359 g/mol. The van der Waals surface area contributed by atoms with Crippen LogP contribution in [0.5, 0.6) is 17.2 Å². The highest BCUT2D eigenvalue weighted by Crippen LogP contribution is 2.36. The second-order valence-corrected chi connectivity index (χ2v) is 5.75. The minimum absolute atomic E-state index is 0.0798. The molecule has 2 rings (SSSR count). The Morgan fingerprint density at radius 3 is 2.56 bits per heavy atom. The number of aryl methyl sites for hydroxylation is 2. The molecule has 0 saturated carbocycles. The Kier molecular flexibility index (Phi) is 6.26. The molecule has 25 heavy (non-hydrogen) atoms. The van der Waals surface area contributed by atoms with E-state index in [1.807, 2.05) is 32.0 Å². The van der Waals surface area contributed by atoms with E-state index in [0.717, 1.165) is 11.1 Å². The number of rotatable bonds is 6. The Morgan fingerprint density at radius 2 is 1.92 bits per heavy atom. The van der Waals surface area contributed by atoms with Gasteiger partial charge < -0.3 is 14.2 Å². The quantitative estimate of drug-likeness (QED) is 0.570. The van der Waals surface area contributed by atoms with Crippen LogP contribution in [0.25, 0.3) is 0 Å². The second kappa shape index (κ2) is 8.41. The molecule has 0 atom stereocenters. The van der Waals surface area contributed by atoms with E-state index in [0.29, 0.717) is 17.9 Å². The van der Waals surface area contributed by atoms with Gasteiger partial charge in [-0.25, -0.2) is 4.79 Å². The summed E-state index contributed by atoms with van der Waals surface area (Å²) in [5.74, 6) is 0.282. The predicted molar refractivity (Wildman–Crippen MR) is 94.4 cm³/mol. The third-order valence-corrected chi connectivity index (χ3v) is 3.77. The average Bonchev–Trinajstić information content (AvgIpc) is 2.59. The van der Waals surface area contributed by atoms with Crippen molar-refractivity contribution in [2.45, 2.75) is 20.8 Å². The minimum atomic E-state index is -0.620. The highest BCUT2D eigenvalue weighted by Gasteiger charge is 2.17. The number of ether oxygens (including phenoxy) is 3. The topological polar surface area (TPSA) is 68.5 Å². The Morgan fingerprint density at radius 1 is 1.16 bits per heavy atom. The van der Waals surface area contributed by atoms with Gasteiger partial charge >= 0.3 is 5.97 Å². The van der Waals surface area contributed by atoms with Crippen molar-refractivity contribution < 1.29 is 19.0 Å². The van der Waals surface area contributed by atoms with E-state index in [1.165, 1.54) is 12.1 Å². The molecule has 0 unspecified atom stereocenters. The first-order valence-electron chi connectivity index (χ1n) is 7.71. The summed E-state index contributed by atoms with van der Waals surface area (Å²) in [5, 5.41) is 9.11. The van der Waals surface area contributed by atoms with Gasteiger partial charge in [-0.1, -0.05) is 17.7 Å². The summed E-state index contributed by atoms with van der Waals surface area (Å²) >= 11 is 6.10. The number of esters is 1. The first-order valence-corrected chi connectivity index (χ1v) is 8.09. The molecule has 0 spiro atoms. The van der Waals surface area contributed by atoms with Crippen molar-refractivity contribution in [3.63, 3.8) is 0 Å². The van der Waals surface area contributed by atoms with Crippen LogP contribution in [0.2, 0.25) is 5.02 Å². The summed E-state index contributed by atoms with van der Waals surface area (Å²) in [6.45, 7) is 5.81. The third-order valence-electron chi connectivity index (χ3n) is 3.49. The standard InChI is InChI=1S/C19H18ClNO4/c1-4-23-17-9-14(10-21)8-16(20)19(17)25-18(22)11-24-15-6-5-12(2)13(3)7-15/h5-9H,4,11H2,1-3H3. The van der Waals surface area contributed by atoms with Crippen LogP contribution in [0.4, 0.5) is 0 Å². The van der Waals surface area contributed by atoms with Crippen LogP contribution in [0, 0.1) is 25.2 Å². The smallest absolute Gasteiger partial charge is 0.349 e. The zero-order valence-electron chi connectivity index (χ0n) is 14.3. The van der Waals surface area contributed by atoms with E-state index < -0.39 is 5.97 Å². The highest BCUT2D eigenvalue weighted by molar-refractivity contribution is 6.32. The molecule has 0 aliphatic rings. The van der Waals surface area contributed by atoms with Crippen LogP contribution in [0.3, 0.4) is 0 Å². The lowest BCUT2D eigenvalue weighted by atomic mass is 10.1. The summed E-state index contributed by atoms with van der Waals surface area (Å²) in [4.78, 5) is 12.1. The van der Waals surface area contributed by atoms with Gasteiger partial charge in [0.15, 0.2) is 18.1 Å². The molecule has 0 saturated heterocycles. The number of hydrogen-bond donors (Lipinski definition) is 0. The number of hydrogen-bond acceptors (Lipinski definition) is 5. The van der Waals surface area contributed by atoms with Gasteiger partial charge in [0.1, 0.15) is 5.75 Å². The largest absolute Gasteiger partial charge is 0.490 e. The predicted octanol–water partition coefficient (Wildman–Crippen LogP) is 4.21. The maximum atomic E-state index is 12.1. The average molecular weight is 360 g/mol. The number of carbonyl (C=O) groups is 1. The van der Waals surface area contributed by atoms with Crippen molar-refractivity contribution in [3.8, 4) is 23.3 Å². The fraction of sp³-hybridized carbons (Fsp3) is 0.263. The summed E-state index contributed by atoms with van der Waals surface area (Å²) in [7, 11) is 0. The van der Waals surface area contributed by atoms with Crippen LogP contribution < -0.4 is 14.2 Å². The molecule has 0 heterocycles. The molecule has 0 aliphatic carbocycles. The lowest BCUT2D eigenvalue weighted by Gasteiger charge is -2.13. The van der Waals surface area contributed by atoms with Crippen LogP contribution in [0.1, 0.15) is 23.6 Å². The fourth-order valence-electron chi connectivity index (χ4n) is 2.08. The number of nitriles is 1. The van der Waals surface area contributed by atoms with E-state index in [1.54, 1.807) is 13.0 Å². The van der Waals surface area contributed by atoms with Crippen molar-refractivity contribution in [3.05, 3.63) is 52.0 Å². The van der Waals surface area contributed by atoms with Crippen molar-refractivity contribution in [1.82, 2.24) is 0 Å². The van der Waals surface area contributed by atoms with Crippen molar-refractivity contribution in [2.75, 3.05) is 13.2 Å². The zero-order chi connectivity index (χ0) is 18.4. The highest BCUT2D eigenvalue weighted by atomic mass is 35.5. The molecule has 130 valence electrons. The normalized spacial score (nSPS) is 10.0. The molecule has 0 fully saturated rings. The molecule has 0 aliphatic heterocycles. The lowest BCUT2D eigenvalue weighted by molar-refractivity contribution is -0.136. The van der Waals surface area contributed by atoms with Gasteiger partial charge in [-0.3, -0.25) is 0 Å². The van der Waals surface area contributed by atoms with Crippen molar-refractivity contribution in [2.24, 2.45) is 0 Å². The Labute approximate surface area is 151 Å². The van der Waals surface area contributed by atoms with E-state index in [9.17, 15) is 4.79 Å². The molecular weight excluding hydrogens is 342 g/mol. The van der Waals surface area contributed by atoms with E-state index in [4.69, 9.17) is 31.1 Å². The molecule has 0 aromatic heterocycles. The van der Waals surface area contributed by atoms with Crippen molar-refractivity contribution >= 4 is 17.6 Å². The minimum Gasteiger partial charge on any atom is -0.490 e. The maximum absolute atomic E-state index is 12.1. The van der Waals surface area contributed by atoms with Gasteiger partial charge in [-0.05, 0) is 50.1 Å². The molecule has 0 amide bonds. The molecule has 0 bridgehead atoms. The fourth-order valence-corrected chi connectivity index (χ4v) is 2.33. The van der Waals surface area contributed by atoms with Crippen LogP contribution in [-0.2, 0) is 4.79 Å². The number of halogens is 1. The second-order valence-electron chi connectivity index (χ2n) is 5.34. The Balaban J connectivity index is 2.09. The van der Waals surface area contributed by atoms with Gasteiger partial charge in [0.2, 0.25) is 0 Å². The third kappa shape index (κ3) is 4.88. The van der Waals surface area contributed by atoms with E-state index in [-0.39, 0.29) is 23.1 Å². The molecule has 0 radical (unpaired) electrons. The SMILES string of the molecule is CCOc1cc(C#N)cc(Cl)c1OC(=O)COc1ccc(C)c(C)c1. The molecule has 5 nitrogen and oxygen atoms in total. The maximum Gasteiger partial charge on any atom is 0.349 e. The molecule has 2 aromatic rings. The van der Waals surface area contributed by atoms with Gasteiger partial charge in [0, 0.05) is 6.07 Å². The van der Waals surface area contributed by atoms with Gasteiger partial charge in [-0.15, -0.1) is 0 Å². The summed E-state index contributed by atoms with van der Waals surface area (Å²) in [5.41, 5.74) is 2.53. The Hall–Kier alpha value is -2.71. The van der Waals surface area contributed by atoms with Crippen LogP contribution in [-0.4, -0.2) is 19.2 Å².